The molecule has 0 fully saturated rings. The summed E-state index contributed by atoms with van der Waals surface area (Å²) in [5, 5.41) is 0. The fraction of sp³-hybridized carbons (Fsp3) is 0.120. The number of aliphatic imine (C=N–C) groups is 1. The fourth-order valence-electron chi connectivity index (χ4n) is 3.50. The number of pyridine rings is 1. The number of ether oxygens (including phenoxy) is 1. The lowest BCUT2D eigenvalue weighted by Gasteiger charge is -2.18. The number of hydrogen-bond donors (Lipinski definition) is 0. The van der Waals surface area contributed by atoms with Crippen molar-refractivity contribution < 1.29 is 14.3 Å². The second-order valence-electron chi connectivity index (χ2n) is 7.00. The maximum absolute atomic E-state index is 13.1. The summed E-state index contributed by atoms with van der Waals surface area (Å²) in [6.07, 6.45) is 7.42. The van der Waals surface area contributed by atoms with Gasteiger partial charge in [-0.05, 0) is 40.5 Å². The number of hydrogen-bond acceptors (Lipinski definition) is 5. The van der Waals surface area contributed by atoms with Crippen molar-refractivity contribution in [2.75, 3.05) is 7.11 Å². The van der Waals surface area contributed by atoms with Crippen LogP contribution in [0, 0.1) is 0 Å². The van der Waals surface area contributed by atoms with Crippen molar-refractivity contribution in [3.63, 3.8) is 0 Å². The third kappa shape index (κ3) is 4.10. The highest BCUT2D eigenvalue weighted by Crippen LogP contribution is 2.28. The minimum Gasteiger partial charge on any atom is -0.465 e. The lowest BCUT2D eigenvalue weighted by atomic mass is 9.87. The van der Waals surface area contributed by atoms with Gasteiger partial charge in [-0.3, -0.25) is 14.8 Å². The molecular formula is C25H20N2O3. The molecule has 3 aromatic rings. The Balaban J connectivity index is 1.60. The Hall–Kier alpha value is -3.86. The highest BCUT2D eigenvalue weighted by atomic mass is 16.5. The lowest BCUT2D eigenvalue weighted by molar-refractivity contribution is -0.113. The molecule has 0 aliphatic carbocycles. The van der Waals surface area contributed by atoms with Crippen LogP contribution in [-0.4, -0.2) is 29.6 Å². The van der Waals surface area contributed by atoms with Crippen LogP contribution in [0.2, 0.25) is 0 Å². The van der Waals surface area contributed by atoms with Gasteiger partial charge in [0.2, 0.25) is 0 Å². The molecule has 1 atom stereocenters. The van der Waals surface area contributed by atoms with Crippen LogP contribution in [0.3, 0.4) is 0 Å². The van der Waals surface area contributed by atoms with Crippen molar-refractivity contribution in [3.8, 4) is 11.1 Å². The zero-order chi connectivity index (χ0) is 20.9. The molecule has 1 aromatic heterocycles. The molecule has 1 unspecified atom stereocenters. The van der Waals surface area contributed by atoms with Gasteiger partial charge in [0.15, 0.2) is 5.78 Å². The molecule has 0 spiro atoms. The number of carbonyl (C=O) groups is 2. The Kier molecular flexibility index (Phi) is 5.61. The van der Waals surface area contributed by atoms with Crippen LogP contribution >= 0.6 is 0 Å². The van der Waals surface area contributed by atoms with Gasteiger partial charge in [-0.2, -0.15) is 0 Å². The zero-order valence-electron chi connectivity index (χ0n) is 16.5. The molecule has 5 nitrogen and oxygen atoms in total. The number of rotatable bonds is 5. The van der Waals surface area contributed by atoms with Crippen LogP contribution in [-0.2, 0) is 16.0 Å². The standard InChI is InChI=1S/C25H20N2O3/c1-30-25(29)21-9-3-7-19(15-21)18-6-2-8-20(14-18)22-10-12-27-23(24(22)28)13-17-5-4-11-26-16-17/h2-12,14-16,22H,13H2,1H3. The van der Waals surface area contributed by atoms with E-state index in [-0.39, 0.29) is 11.8 Å². The molecule has 0 saturated heterocycles. The van der Waals surface area contributed by atoms with E-state index < -0.39 is 5.92 Å². The minimum absolute atomic E-state index is 0.0122. The van der Waals surface area contributed by atoms with Crippen molar-refractivity contribution in [1.82, 2.24) is 4.98 Å². The highest BCUT2D eigenvalue weighted by molar-refractivity contribution is 6.43. The Bertz CT molecular complexity index is 1150. The van der Waals surface area contributed by atoms with Crippen molar-refractivity contribution in [3.05, 3.63) is 102 Å². The predicted octanol–water partition coefficient (Wildman–Crippen LogP) is 4.40. The number of carbonyl (C=O) groups excluding carboxylic acids is 2. The first-order valence-corrected chi connectivity index (χ1v) is 9.61. The normalized spacial score (nSPS) is 15.6. The van der Waals surface area contributed by atoms with Gasteiger partial charge < -0.3 is 4.74 Å². The molecule has 1 aliphatic rings. The molecule has 148 valence electrons. The molecule has 4 rings (SSSR count). The Morgan fingerprint density at radius 2 is 1.83 bits per heavy atom. The third-order valence-electron chi connectivity index (χ3n) is 5.03. The van der Waals surface area contributed by atoms with Gasteiger partial charge in [0.1, 0.15) is 0 Å². The van der Waals surface area contributed by atoms with E-state index in [1.165, 1.54) is 7.11 Å². The molecule has 0 radical (unpaired) electrons. The second-order valence-corrected chi connectivity index (χ2v) is 7.00. The first-order chi connectivity index (χ1) is 14.7. The molecule has 2 aromatic carbocycles. The van der Waals surface area contributed by atoms with Crippen LogP contribution in [0.1, 0.15) is 27.4 Å². The second kappa shape index (κ2) is 8.66. The zero-order valence-corrected chi connectivity index (χ0v) is 16.5. The summed E-state index contributed by atoms with van der Waals surface area (Å²) in [5.74, 6) is -0.783. The van der Waals surface area contributed by atoms with Crippen LogP contribution in [0.5, 0.6) is 0 Å². The van der Waals surface area contributed by atoms with Crippen LogP contribution < -0.4 is 0 Å². The van der Waals surface area contributed by atoms with E-state index in [1.54, 1.807) is 30.7 Å². The molecule has 0 bridgehead atoms. The van der Waals surface area contributed by atoms with E-state index >= 15 is 0 Å². The Morgan fingerprint density at radius 1 is 1.03 bits per heavy atom. The van der Waals surface area contributed by atoms with Gasteiger partial charge in [0, 0.05) is 25.0 Å². The molecule has 0 amide bonds. The summed E-state index contributed by atoms with van der Waals surface area (Å²) >= 11 is 0. The molecule has 30 heavy (non-hydrogen) atoms. The first-order valence-electron chi connectivity index (χ1n) is 9.61. The van der Waals surface area contributed by atoms with Crippen molar-refractivity contribution in [2.24, 2.45) is 4.99 Å². The quantitative estimate of drug-likeness (QED) is 0.600. The number of Topliss-reactive ketones (excluding diaryl/α,β-unsaturated/α-hetero) is 1. The number of esters is 1. The van der Waals surface area contributed by atoms with Gasteiger partial charge >= 0.3 is 5.97 Å². The van der Waals surface area contributed by atoms with E-state index in [1.807, 2.05) is 54.6 Å². The van der Waals surface area contributed by atoms with E-state index in [0.717, 1.165) is 22.3 Å². The predicted molar refractivity (Wildman–Crippen MR) is 115 cm³/mol. The molecule has 2 heterocycles. The smallest absolute Gasteiger partial charge is 0.337 e. The van der Waals surface area contributed by atoms with Crippen molar-refractivity contribution in [2.45, 2.75) is 12.3 Å². The third-order valence-corrected chi connectivity index (χ3v) is 5.03. The fourth-order valence-corrected chi connectivity index (χ4v) is 3.50. The summed E-state index contributed by atoms with van der Waals surface area (Å²) in [6, 6.07) is 18.8. The topological polar surface area (TPSA) is 68.6 Å². The summed E-state index contributed by atoms with van der Waals surface area (Å²) in [5.41, 5.74) is 4.66. The van der Waals surface area contributed by atoms with E-state index in [9.17, 15) is 9.59 Å². The molecular weight excluding hydrogens is 376 g/mol. The molecule has 0 N–H and O–H groups in total. The highest BCUT2D eigenvalue weighted by Gasteiger charge is 2.25. The summed E-state index contributed by atoms with van der Waals surface area (Å²) in [6.45, 7) is 0. The van der Waals surface area contributed by atoms with Gasteiger partial charge in [-0.1, -0.05) is 48.5 Å². The van der Waals surface area contributed by atoms with E-state index in [4.69, 9.17) is 4.74 Å². The van der Waals surface area contributed by atoms with Gasteiger partial charge in [-0.25, -0.2) is 4.79 Å². The maximum Gasteiger partial charge on any atom is 0.337 e. The molecule has 0 saturated carbocycles. The van der Waals surface area contributed by atoms with Gasteiger partial charge in [-0.15, -0.1) is 0 Å². The van der Waals surface area contributed by atoms with Crippen LogP contribution in [0.4, 0.5) is 0 Å². The molecule has 5 heteroatoms. The number of allylic oxidation sites excluding steroid dienone is 1. The van der Waals surface area contributed by atoms with E-state index in [0.29, 0.717) is 17.7 Å². The van der Waals surface area contributed by atoms with Gasteiger partial charge in [0.25, 0.3) is 0 Å². The number of aromatic nitrogens is 1. The van der Waals surface area contributed by atoms with E-state index in [2.05, 4.69) is 9.98 Å². The van der Waals surface area contributed by atoms with Crippen LogP contribution in [0.15, 0.2) is 90.3 Å². The van der Waals surface area contributed by atoms with Crippen molar-refractivity contribution >= 4 is 17.5 Å². The summed E-state index contributed by atoms with van der Waals surface area (Å²) in [4.78, 5) is 33.4. The van der Waals surface area contributed by atoms with Crippen molar-refractivity contribution in [1.29, 1.82) is 0 Å². The SMILES string of the molecule is COC(=O)c1cccc(-c2cccc(C3C=CN=C(Cc4cccnc4)C3=O)c2)c1. The number of methoxy groups -OCH3 is 1. The lowest BCUT2D eigenvalue weighted by Crippen LogP contribution is -2.25. The molecule has 1 aliphatic heterocycles. The summed E-state index contributed by atoms with van der Waals surface area (Å²) in [7, 11) is 1.36. The van der Waals surface area contributed by atoms with Gasteiger partial charge in [0.05, 0.1) is 24.3 Å². The largest absolute Gasteiger partial charge is 0.465 e. The Labute approximate surface area is 174 Å². The average Bonchev–Trinajstić information content (AvgIpc) is 2.81. The monoisotopic (exact) mass is 396 g/mol. The first kappa shape index (κ1) is 19.5. The summed E-state index contributed by atoms with van der Waals surface area (Å²) < 4.78 is 4.81. The number of ketones is 1. The number of nitrogens with zero attached hydrogens (tertiary/aromatic N) is 2. The maximum atomic E-state index is 13.1. The average molecular weight is 396 g/mol. The van der Waals surface area contributed by atoms with Crippen LogP contribution in [0.25, 0.3) is 11.1 Å². The Morgan fingerprint density at radius 3 is 2.60 bits per heavy atom. The minimum atomic E-state index is -0.391. The number of benzene rings is 2.